The number of carbonyl (C=O) groups excluding carboxylic acids is 2. The van der Waals surface area contributed by atoms with Crippen LogP contribution in [0, 0.1) is 5.82 Å². The molecule has 1 aromatic carbocycles. The molecule has 2 atom stereocenters. The number of nitrogens with one attached hydrogen (secondary N) is 2. The second-order valence-corrected chi connectivity index (χ2v) is 8.94. The van der Waals surface area contributed by atoms with Gasteiger partial charge in [0.05, 0.1) is 24.5 Å². The molecule has 1 fully saturated rings. The van der Waals surface area contributed by atoms with E-state index in [0.717, 1.165) is 4.88 Å². The van der Waals surface area contributed by atoms with Crippen LogP contribution in [0.15, 0.2) is 64.6 Å². The molecule has 1 aliphatic heterocycles. The summed E-state index contributed by atoms with van der Waals surface area (Å²) in [5, 5.41) is 7.43. The van der Waals surface area contributed by atoms with E-state index >= 15 is 0 Å². The highest BCUT2D eigenvalue weighted by Gasteiger charge is 2.32. The van der Waals surface area contributed by atoms with Gasteiger partial charge in [0.2, 0.25) is 0 Å². The monoisotopic (exact) mass is 470 g/mol. The molecule has 0 bridgehead atoms. The number of carbonyl (C=O) groups is 2. The largest absolute Gasteiger partial charge is 0.467 e. The van der Waals surface area contributed by atoms with E-state index in [-0.39, 0.29) is 24.4 Å². The first-order chi connectivity index (χ1) is 16.0. The molecule has 2 amide bonds. The average molecular weight is 471 g/mol. The molecule has 33 heavy (non-hydrogen) atoms. The second kappa shape index (κ2) is 10.6. The molecule has 9 heteroatoms. The Morgan fingerprint density at radius 3 is 2.52 bits per heavy atom. The zero-order valence-corrected chi connectivity index (χ0v) is 19.2. The van der Waals surface area contributed by atoms with Gasteiger partial charge in [0, 0.05) is 37.1 Å². The quantitative estimate of drug-likeness (QED) is 0.519. The summed E-state index contributed by atoms with van der Waals surface area (Å²) in [6.45, 7) is 4.83. The molecule has 0 radical (unpaired) electrons. The molecular formula is C24H27FN4O3S. The smallest absolute Gasteiger partial charge is 0.309 e. The molecule has 1 aliphatic rings. The summed E-state index contributed by atoms with van der Waals surface area (Å²) < 4.78 is 19.4. The minimum Gasteiger partial charge on any atom is -0.467 e. The molecule has 2 aromatic heterocycles. The number of furan rings is 1. The van der Waals surface area contributed by atoms with E-state index in [1.54, 1.807) is 35.6 Å². The number of anilines is 1. The number of hydrogen-bond acceptors (Lipinski definition) is 6. The van der Waals surface area contributed by atoms with E-state index in [9.17, 15) is 14.0 Å². The van der Waals surface area contributed by atoms with Gasteiger partial charge in [-0.15, -0.1) is 11.3 Å². The van der Waals surface area contributed by atoms with Gasteiger partial charge in [-0.2, -0.15) is 0 Å². The zero-order valence-electron chi connectivity index (χ0n) is 18.4. The van der Waals surface area contributed by atoms with Crippen LogP contribution >= 0.6 is 11.3 Å². The Labute approximate surface area is 196 Å². The fourth-order valence-electron chi connectivity index (χ4n) is 4.16. The maximum Gasteiger partial charge on any atom is 0.309 e. The Bertz CT molecular complexity index is 1050. The summed E-state index contributed by atoms with van der Waals surface area (Å²) in [5.41, 5.74) is 0.611. The minimum atomic E-state index is -0.701. The molecule has 3 heterocycles. The van der Waals surface area contributed by atoms with Crippen molar-refractivity contribution >= 4 is 28.8 Å². The lowest BCUT2D eigenvalue weighted by molar-refractivity contribution is -0.140. The maximum absolute atomic E-state index is 14.2. The van der Waals surface area contributed by atoms with E-state index in [2.05, 4.69) is 15.5 Å². The van der Waals surface area contributed by atoms with Crippen molar-refractivity contribution in [3.05, 3.63) is 76.6 Å². The van der Waals surface area contributed by atoms with Crippen LogP contribution in [0.25, 0.3) is 0 Å². The van der Waals surface area contributed by atoms with E-state index in [0.29, 0.717) is 37.6 Å². The first kappa shape index (κ1) is 23.0. The molecular weight excluding hydrogens is 443 g/mol. The number of para-hydroxylation sites is 1. The van der Waals surface area contributed by atoms with Gasteiger partial charge in [-0.3, -0.25) is 14.5 Å². The molecule has 0 spiro atoms. The third kappa shape index (κ3) is 5.61. The Morgan fingerprint density at radius 1 is 1.06 bits per heavy atom. The number of hydrogen-bond donors (Lipinski definition) is 2. The van der Waals surface area contributed by atoms with Gasteiger partial charge >= 0.3 is 11.8 Å². The number of thiophene rings is 1. The molecule has 3 aromatic rings. The first-order valence-corrected chi connectivity index (χ1v) is 11.8. The van der Waals surface area contributed by atoms with Crippen molar-refractivity contribution in [3.63, 3.8) is 0 Å². The van der Waals surface area contributed by atoms with Crippen LogP contribution in [0.1, 0.15) is 23.6 Å². The van der Waals surface area contributed by atoms with E-state index in [1.165, 1.54) is 12.3 Å². The lowest BCUT2D eigenvalue weighted by atomic mass is 10.0. The fraction of sp³-hybridized carbons (Fsp3) is 0.333. The Balaban J connectivity index is 1.38. The summed E-state index contributed by atoms with van der Waals surface area (Å²) in [6, 6.07) is 13.9. The maximum atomic E-state index is 14.2. The highest BCUT2D eigenvalue weighted by atomic mass is 32.1. The van der Waals surface area contributed by atoms with Gasteiger partial charge in [0.25, 0.3) is 0 Å². The van der Waals surface area contributed by atoms with Crippen LogP contribution in [-0.2, 0) is 16.1 Å². The Kier molecular flexibility index (Phi) is 7.41. The molecule has 7 nitrogen and oxygen atoms in total. The normalized spacial score (nSPS) is 16.2. The van der Waals surface area contributed by atoms with Crippen molar-refractivity contribution in [1.82, 2.24) is 15.5 Å². The van der Waals surface area contributed by atoms with Crippen molar-refractivity contribution < 1.29 is 18.4 Å². The fourth-order valence-corrected chi connectivity index (χ4v) is 5.13. The summed E-state index contributed by atoms with van der Waals surface area (Å²) >= 11 is 1.62. The standard InChI is InChI=1S/C24H27FN4O3S/c1-17(27-24(31)23(30)26-16-18-6-4-14-32-18)22(21-9-5-15-33-21)29-12-10-28(11-13-29)20-8-3-2-7-19(20)25/h2-9,14-15,17,22H,10-13,16H2,1H3,(H,26,30)(H,27,31). The van der Waals surface area contributed by atoms with Crippen LogP contribution in [0.3, 0.4) is 0 Å². The number of rotatable bonds is 7. The van der Waals surface area contributed by atoms with Crippen LogP contribution < -0.4 is 15.5 Å². The van der Waals surface area contributed by atoms with Crippen molar-refractivity contribution in [3.8, 4) is 0 Å². The predicted octanol–water partition coefficient (Wildman–Crippen LogP) is 3.16. The molecule has 4 rings (SSSR count). The Morgan fingerprint density at radius 2 is 1.85 bits per heavy atom. The summed E-state index contributed by atoms with van der Waals surface area (Å²) in [5.74, 6) is -1.02. The topological polar surface area (TPSA) is 77.8 Å². The van der Waals surface area contributed by atoms with Gasteiger partial charge in [-0.05, 0) is 42.6 Å². The summed E-state index contributed by atoms with van der Waals surface area (Å²) in [4.78, 5) is 30.2. The third-order valence-electron chi connectivity index (χ3n) is 5.78. The summed E-state index contributed by atoms with van der Waals surface area (Å²) in [7, 11) is 0. The lowest BCUT2D eigenvalue weighted by Gasteiger charge is -2.42. The molecule has 2 N–H and O–H groups in total. The Hall–Kier alpha value is -3.17. The van der Waals surface area contributed by atoms with Crippen LogP contribution in [0.5, 0.6) is 0 Å². The molecule has 2 unspecified atom stereocenters. The van der Waals surface area contributed by atoms with E-state index < -0.39 is 11.8 Å². The van der Waals surface area contributed by atoms with Crippen molar-refractivity contribution in [2.24, 2.45) is 0 Å². The third-order valence-corrected chi connectivity index (χ3v) is 6.72. The number of benzene rings is 1. The van der Waals surface area contributed by atoms with Gasteiger partial charge in [0.15, 0.2) is 0 Å². The van der Waals surface area contributed by atoms with Crippen molar-refractivity contribution in [2.75, 3.05) is 31.1 Å². The van der Waals surface area contributed by atoms with Gasteiger partial charge in [0.1, 0.15) is 11.6 Å². The molecule has 0 saturated carbocycles. The van der Waals surface area contributed by atoms with Gasteiger partial charge < -0.3 is 20.0 Å². The minimum absolute atomic E-state index is 0.0883. The molecule has 1 saturated heterocycles. The predicted molar refractivity (Wildman–Crippen MR) is 125 cm³/mol. The van der Waals surface area contributed by atoms with Gasteiger partial charge in [-0.25, -0.2) is 4.39 Å². The zero-order chi connectivity index (χ0) is 23.2. The van der Waals surface area contributed by atoms with Crippen LogP contribution in [-0.4, -0.2) is 48.9 Å². The number of nitrogens with zero attached hydrogens (tertiary/aromatic N) is 2. The van der Waals surface area contributed by atoms with E-state index in [4.69, 9.17) is 4.42 Å². The number of amides is 2. The van der Waals surface area contributed by atoms with E-state index in [1.807, 2.05) is 35.4 Å². The molecule has 0 aliphatic carbocycles. The summed E-state index contributed by atoms with van der Waals surface area (Å²) in [6.07, 6.45) is 1.52. The van der Waals surface area contributed by atoms with Crippen molar-refractivity contribution in [2.45, 2.75) is 25.6 Å². The molecule has 174 valence electrons. The van der Waals surface area contributed by atoms with Crippen LogP contribution in [0.4, 0.5) is 10.1 Å². The number of piperazine rings is 1. The number of halogens is 1. The van der Waals surface area contributed by atoms with Crippen molar-refractivity contribution in [1.29, 1.82) is 0 Å². The first-order valence-electron chi connectivity index (χ1n) is 10.9. The second-order valence-electron chi connectivity index (χ2n) is 7.96. The SMILES string of the molecule is CC(NC(=O)C(=O)NCc1ccco1)C(c1cccs1)N1CCN(c2ccccc2F)CC1. The van der Waals surface area contributed by atoms with Crippen LogP contribution in [0.2, 0.25) is 0 Å². The highest BCUT2D eigenvalue weighted by molar-refractivity contribution is 7.10. The van der Waals surface area contributed by atoms with Gasteiger partial charge in [-0.1, -0.05) is 18.2 Å². The highest BCUT2D eigenvalue weighted by Crippen LogP contribution is 2.30. The lowest BCUT2D eigenvalue weighted by Crippen LogP contribution is -2.53. The average Bonchev–Trinajstić information content (AvgIpc) is 3.53.